The van der Waals surface area contributed by atoms with Gasteiger partial charge in [0.2, 0.25) is 0 Å². The molecule has 4 aliphatic rings. The summed E-state index contributed by atoms with van der Waals surface area (Å²) in [7, 11) is 0. The summed E-state index contributed by atoms with van der Waals surface area (Å²) in [5.41, 5.74) is 35.3. The Balaban J connectivity index is 1.58. The second-order valence-electron chi connectivity index (χ2n) is 13.3. The molecule has 52 heavy (non-hydrogen) atoms. The van der Waals surface area contributed by atoms with Crippen LogP contribution < -0.4 is 22.5 Å². The van der Waals surface area contributed by atoms with E-state index in [1.54, 1.807) is 6.92 Å². The van der Waals surface area contributed by atoms with E-state index in [0.717, 1.165) is 0 Å². The number of amides is 1. The fourth-order valence-electron chi connectivity index (χ4n) is 6.76. The standard InChI is InChI=1S/C28H49FN10O13/c1-9-4-13(36-25(46)17(41)11(29)7-35-38-33)18(42)24(22(9)50-26-12(32)3-2-10(5-30)47-26)52-28-21(45)23(15(8-40)49-28)51-27-16(37-39-34)20(44)19(43)14(6-31)48-27/h9-24,26-28,40-45H,2-8,30-32H2,1H3,(H,36,46)/t9-,10-,11+,12+,13+,14-,15+,16+,17-,18-,19+,20+,21+,22+,23+,24+,26+,27+,28-/m0/s1. The van der Waals surface area contributed by atoms with E-state index in [0.29, 0.717) is 12.8 Å². The lowest BCUT2D eigenvalue weighted by molar-refractivity contribution is -0.294. The van der Waals surface area contributed by atoms with Crippen molar-refractivity contribution in [2.75, 3.05) is 26.2 Å². The quantitative estimate of drug-likeness (QED) is 0.0433. The van der Waals surface area contributed by atoms with Crippen molar-refractivity contribution in [2.45, 2.75) is 136 Å². The van der Waals surface area contributed by atoms with Crippen LogP contribution in [-0.2, 0) is 33.2 Å². The monoisotopic (exact) mass is 752 g/mol. The Morgan fingerprint density at radius 3 is 2.23 bits per heavy atom. The molecule has 1 saturated carbocycles. The van der Waals surface area contributed by atoms with E-state index in [4.69, 9.17) is 56.7 Å². The zero-order valence-electron chi connectivity index (χ0n) is 28.3. The second kappa shape index (κ2) is 19.1. The molecule has 23 nitrogen and oxygen atoms in total. The van der Waals surface area contributed by atoms with Crippen LogP contribution >= 0.6 is 0 Å². The molecule has 0 aromatic heterocycles. The Morgan fingerprint density at radius 1 is 0.923 bits per heavy atom. The maximum atomic E-state index is 14.3. The smallest absolute Gasteiger partial charge is 0.252 e. The number of azide groups is 2. The molecule has 4 fully saturated rings. The third-order valence-electron chi connectivity index (χ3n) is 9.71. The van der Waals surface area contributed by atoms with Crippen LogP contribution in [0.5, 0.6) is 0 Å². The van der Waals surface area contributed by atoms with E-state index < -0.39 is 129 Å². The van der Waals surface area contributed by atoms with Crippen molar-refractivity contribution < 1.29 is 68.2 Å². The molecule has 1 aliphatic carbocycles. The van der Waals surface area contributed by atoms with E-state index in [2.05, 4.69) is 25.4 Å². The number of halogens is 1. The number of rotatable bonds is 15. The van der Waals surface area contributed by atoms with Gasteiger partial charge in [0.05, 0.1) is 43.5 Å². The van der Waals surface area contributed by atoms with E-state index in [-0.39, 0.29) is 25.6 Å². The molecular weight excluding hydrogens is 703 g/mol. The molecule has 19 atom stereocenters. The lowest BCUT2D eigenvalue weighted by Crippen LogP contribution is -2.64. The summed E-state index contributed by atoms with van der Waals surface area (Å²) in [5, 5.41) is 73.1. The molecule has 0 unspecified atom stereocenters. The van der Waals surface area contributed by atoms with Crippen molar-refractivity contribution in [2.24, 2.45) is 33.3 Å². The van der Waals surface area contributed by atoms with Crippen molar-refractivity contribution in [1.29, 1.82) is 0 Å². The summed E-state index contributed by atoms with van der Waals surface area (Å²) >= 11 is 0. The van der Waals surface area contributed by atoms with Crippen LogP contribution in [-0.4, -0.2) is 173 Å². The van der Waals surface area contributed by atoms with Crippen LogP contribution in [0, 0.1) is 5.92 Å². The Hall–Kier alpha value is -2.58. The third kappa shape index (κ3) is 9.55. The number of carbonyl (C=O) groups excluding carboxylic acids is 1. The minimum atomic E-state index is -2.25. The van der Waals surface area contributed by atoms with Gasteiger partial charge < -0.3 is 81.6 Å². The lowest BCUT2D eigenvalue weighted by Gasteiger charge is -2.47. The largest absolute Gasteiger partial charge is 0.394 e. The summed E-state index contributed by atoms with van der Waals surface area (Å²) in [5.74, 6) is -1.79. The molecule has 3 heterocycles. The van der Waals surface area contributed by atoms with Crippen LogP contribution in [0.15, 0.2) is 10.2 Å². The summed E-state index contributed by atoms with van der Waals surface area (Å²) in [6.45, 7) is 0.0247. The first kappa shape index (κ1) is 42.2. The summed E-state index contributed by atoms with van der Waals surface area (Å²) in [6.07, 6.45) is -21.2. The van der Waals surface area contributed by atoms with Crippen LogP contribution in [0.1, 0.15) is 26.2 Å². The number of ether oxygens (including phenoxy) is 6. The molecule has 1 amide bonds. The van der Waals surface area contributed by atoms with Crippen molar-refractivity contribution in [1.82, 2.24) is 5.32 Å². The van der Waals surface area contributed by atoms with Gasteiger partial charge in [0.15, 0.2) is 25.0 Å². The predicted octanol–water partition coefficient (Wildman–Crippen LogP) is -4.01. The molecule has 0 radical (unpaired) electrons. The highest BCUT2D eigenvalue weighted by Gasteiger charge is 2.54. The average Bonchev–Trinajstić information content (AvgIpc) is 3.43. The number of carbonyl (C=O) groups is 1. The zero-order chi connectivity index (χ0) is 38.3. The van der Waals surface area contributed by atoms with E-state index in [1.807, 2.05) is 0 Å². The first-order valence-corrected chi connectivity index (χ1v) is 16.9. The SMILES string of the molecule is C[C@H]1C[C@@H](NC(=O)[C@@H](O)[C@H](F)CN=[N+]=[N-])[C@H](O)[C@@H](O[C@@H]2O[C@H](CO)[C@@H](O[C@H]3O[C@@H](CN)[C@@H](O)[C@H](O)[C@H]3N=[N+]=[N-])[C@H]2O)[C@@H]1O[C@H]1O[C@H](CN)CC[C@H]1N. The number of nitrogens with zero attached hydrogens (tertiary/aromatic N) is 6. The van der Waals surface area contributed by atoms with Gasteiger partial charge in [-0.3, -0.25) is 4.79 Å². The molecule has 3 saturated heterocycles. The number of nitrogens with one attached hydrogen (secondary N) is 1. The molecule has 0 aromatic rings. The van der Waals surface area contributed by atoms with Gasteiger partial charge in [0.1, 0.15) is 54.9 Å². The van der Waals surface area contributed by atoms with E-state index in [9.17, 15) is 39.8 Å². The number of alkyl halides is 1. The molecule has 13 N–H and O–H groups in total. The number of hydrogen-bond acceptors (Lipinski definition) is 18. The molecule has 0 bridgehead atoms. The maximum Gasteiger partial charge on any atom is 0.252 e. The summed E-state index contributed by atoms with van der Waals surface area (Å²) in [4.78, 5) is 17.9. The Labute approximate surface area is 296 Å². The van der Waals surface area contributed by atoms with Gasteiger partial charge in [-0.05, 0) is 36.2 Å². The number of aliphatic hydroxyl groups excluding tert-OH is 6. The molecule has 3 aliphatic heterocycles. The topological polar surface area (TPSA) is 381 Å². The van der Waals surface area contributed by atoms with Crippen molar-refractivity contribution in [3.05, 3.63) is 20.9 Å². The van der Waals surface area contributed by atoms with Crippen LogP contribution in [0.25, 0.3) is 20.9 Å². The molecule has 24 heteroatoms. The van der Waals surface area contributed by atoms with Crippen LogP contribution in [0.3, 0.4) is 0 Å². The highest BCUT2D eigenvalue weighted by molar-refractivity contribution is 5.81. The highest BCUT2D eigenvalue weighted by atomic mass is 19.1. The molecule has 296 valence electrons. The number of hydrogen-bond donors (Lipinski definition) is 10. The minimum absolute atomic E-state index is 0.00904. The fraction of sp³-hybridized carbons (Fsp3) is 0.964. The van der Waals surface area contributed by atoms with Crippen LogP contribution in [0.4, 0.5) is 4.39 Å². The fourth-order valence-corrected chi connectivity index (χ4v) is 6.76. The Morgan fingerprint density at radius 2 is 1.60 bits per heavy atom. The van der Waals surface area contributed by atoms with Gasteiger partial charge in [-0.15, -0.1) is 0 Å². The lowest BCUT2D eigenvalue weighted by atomic mass is 9.79. The highest BCUT2D eigenvalue weighted by Crippen LogP contribution is 2.37. The molecule has 0 spiro atoms. The van der Waals surface area contributed by atoms with Crippen LogP contribution in [0.2, 0.25) is 0 Å². The van der Waals surface area contributed by atoms with Crippen molar-refractivity contribution in [3.8, 4) is 0 Å². The number of aliphatic hydroxyl groups is 6. The van der Waals surface area contributed by atoms with Gasteiger partial charge in [0.25, 0.3) is 5.91 Å². The van der Waals surface area contributed by atoms with Gasteiger partial charge in [-0.2, -0.15) is 0 Å². The third-order valence-corrected chi connectivity index (χ3v) is 9.71. The zero-order valence-corrected chi connectivity index (χ0v) is 28.3. The van der Waals surface area contributed by atoms with Gasteiger partial charge in [-0.25, -0.2) is 4.39 Å². The summed E-state index contributed by atoms with van der Waals surface area (Å²) in [6, 6.07) is -3.30. The van der Waals surface area contributed by atoms with Crippen molar-refractivity contribution in [3.63, 3.8) is 0 Å². The first-order chi connectivity index (χ1) is 24.8. The Kier molecular flexibility index (Phi) is 15.5. The molecule has 4 rings (SSSR count). The average molecular weight is 753 g/mol. The number of nitrogens with two attached hydrogens (primary N) is 3. The Bertz CT molecular complexity index is 1270. The summed E-state index contributed by atoms with van der Waals surface area (Å²) < 4.78 is 50.0. The molecular formula is C28H49FN10O13. The van der Waals surface area contributed by atoms with E-state index >= 15 is 0 Å². The predicted molar refractivity (Wildman–Crippen MR) is 171 cm³/mol. The van der Waals surface area contributed by atoms with E-state index in [1.165, 1.54) is 0 Å². The van der Waals surface area contributed by atoms with Gasteiger partial charge >= 0.3 is 0 Å². The first-order valence-electron chi connectivity index (χ1n) is 16.9. The maximum absolute atomic E-state index is 14.3. The van der Waals surface area contributed by atoms with Crippen molar-refractivity contribution >= 4 is 5.91 Å². The minimum Gasteiger partial charge on any atom is -0.394 e. The van der Waals surface area contributed by atoms with Gasteiger partial charge in [-0.1, -0.05) is 17.2 Å². The molecule has 0 aromatic carbocycles. The normalized spacial score (nSPS) is 43.5. The van der Waals surface area contributed by atoms with Gasteiger partial charge in [0, 0.05) is 22.9 Å². The second-order valence-corrected chi connectivity index (χ2v) is 13.3.